The molecule has 0 aliphatic heterocycles. The van der Waals surface area contributed by atoms with Gasteiger partial charge in [-0.3, -0.25) is 14.4 Å². The normalized spacial score (nSPS) is 16.2. The molecule has 1 aliphatic rings. The summed E-state index contributed by atoms with van der Waals surface area (Å²) >= 11 is 0. The van der Waals surface area contributed by atoms with Crippen LogP contribution in [0.1, 0.15) is 49.5 Å². The highest BCUT2D eigenvalue weighted by Crippen LogP contribution is 2.38. The third-order valence-corrected chi connectivity index (χ3v) is 5.27. The molecule has 1 aromatic rings. The lowest BCUT2D eigenvalue weighted by Gasteiger charge is -2.23. The number of ketones is 2. The number of esters is 1. The number of carbonyl (C=O) groups excluding carboxylic acids is 3. The van der Waals surface area contributed by atoms with Crippen molar-refractivity contribution < 1.29 is 40.7 Å². The quantitative estimate of drug-likeness (QED) is 0.388. The number of sulfone groups is 1. The second kappa shape index (κ2) is 7.55. The summed E-state index contributed by atoms with van der Waals surface area (Å²) in [5, 5.41) is 0. The van der Waals surface area contributed by atoms with Crippen LogP contribution in [0.25, 0.3) is 0 Å². The molecule has 0 spiro atoms. The fourth-order valence-electron chi connectivity index (χ4n) is 2.68. The Hall–Kier alpha value is -2.23. The number of carbonyl (C=O) groups is 3. The van der Waals surface area contributed by atoms with Crippen molar-refractivity contribution in [2.24, 2.45) is 11.8 Å². The maximum Gasteiger partial charge on any atom is 0.417 e. The molecule has 1 aliphatic carbocycles. The first-order valence-electron chi connectivity index (χ1n) is 8.74. The number of alkyl halides is 3. The van der Waals surface area contributed by atoms with Gasteiger partial charge in [0.1, 0.15) is 5.60 Å². The van der Waals surface area contributed by atoms with Crippen molar-refractivity contribution in [3.05, 3.63) is 29.3 Å². The zero-order valence-corrected chi connectivity index (χ0v) is 17.1. The summed E-state index contributed by atoms with van der Waals surface area (Å²) in [6.07, 6.45) is -3.48. The van der Waals surface area contributed by atoms with E-state index in [0.717, 1.165) is 12.3 Å². The zero-order valence-electron chi connectivity index (χ0n) is 16.3. The molecule has 1 unspecified atom stereocenters. The summed E-state index contributed by atoms with van der Waals surface area (Å²) in [4.78, 5) is 37.3. The van der Waals surface area contributed by atoms with E-state index in [4.69, 9.17) is 4.74 Å². The molecule has 160 valence electrons. The van der Waals surface area contributed by atoms with E-state index < -0.39 is 67.0 Å². The third kappa shape index (κ3) is 5.65. The number of hydrogen-bond acceptors (Lipinski definition) is 6. The molecular weight excluding hydrogens is 413 g/mol. The topological polar surface area (TPSA) is 94.6 Å². The van der Waals surface area contributed by atoms with Gasteiger partial charge < -0.3 is 4.74 Å². The summed E-state index contributed by atoms with van der Waals surface area (Å²) in [5.74, 6) is -5.99. The maximum atomic E-state index is 13.5. The first kappa shape index (κ1) is 23.1. The highest BCUT2D eigenvalue weighted by atomic mass is 32.2. The molecule has 2 rings (SSSR count). The molecule has 1 atom stereocenters. The lowest BCUT2D eigenvalue weighted by Crippen LogP contribution is -2.39. The number of Topliss-reactive ketones (excluding diaryl/α,β-unsaturated/α-hetero) is 2. The fourth-order valence-corrected chi connectivity index (χ4v) is 3.32. The van der Waals surface area contributed by atoms with Gasteiger partial charge in [-0.1, -0.05) is 0 Å². The van der Waals surface area contributed by atoms with Gasteiger partial charge in [0.2, 0.25) is 0 Å². The van der Waals surface area contributed by atoms with Crippen LogP contribution in [0.4, 0.5) is 13.2 Å². The van der Waals surface area contributed by atoms with Crippen LogP contribution in [0, 0.1) is 11.8 Å². The van der Waals surface area contributed by atoms with E-state index in [9.17, 15) is 36.0 Å². The van der Waals surface area contributed by atoms with Gasteiger partial charge in [-0.2, -0.15) is 13.2 Å². The molecule has 0 heterocycles. The Kier molecular flexibility index (Phi) is 6.00. The molecule has 1 saturated carbocycles. The van der Waals surface area contributed by atoms with Crippen LogP contribution in [0.2, 0.25) is 0 Å². The van der Waals surface area contributed by atoms with E-state index in [-0.39, 0.29) is 0 Å². The van der Waals surface area contributed by atoms with Crippen molar-refractivity contribution in [3.63, 3.8) is 0 Å². The van der Waals surface area contributed by atoms with Crippen LogP contribution in [-0.4, -0.2) is 37.8 Å². The summed E-state index contributed by atoms with van der Waals surface area (Å²) in [7, 11) is -3.98. The zero-order chi connectivity index (χ0) is 22.4. The highest BCUT2D eigenvalue weighted by Gasteiger charge is 2.47. The molecule has 0 radical (unpaired) electrons. The van der Waals surface area contributed by atoms with Gasteiger partial charge in [0.05, 0.1) is 10.5 Å². The molecular formula is C19H21F3O6S. The molecule has 0 saturated heterocycles. The number of rotatable bonds is 6. The summed E-state index contributed by atoms with van der Waals surface area (Å²) in [6, 6.07) is 1.85. The minimum absolute atomic E-state index is 0.330. The number of ether oxygens (including phenoxy) is 1. The minimum Gasteiger partial charge on any atom is -0.459 e. The largest absolute Gasteiger partial charge is 0.459 e. The van der Waals surface area contributed by atoms with Crippen LogP contribution in [0.15, 0.2) is 23.1 Å². The fraction of sp³-hybridized carbons (Fsp3) is 0.526. The van der Waals surface area contributed by atoms with E-state index in [1.54, 1.807) is 0 Å². The summed E-state index contributed by atoms with van der Waals surface area (Å²) < 4.78 is 68.9. The number of halogens is 3. The summed E-state index contributed by atoms with van der Waals surface area (Å²) in [5.41, 5.74) is -3.54. The van der Waals surface area contributed by atoms with E-state index in [2.05, 4.69) is 0 Å². The smallest absolute Gasteiger partial charge is 0.417 e. The number of benzene rings is 1. The Balaban J connectivity index is 2.58. The Morgan fingerprint density at radius 2 is 1.66 bits per heavy atom. The van der Waals surface area contributed by atoms with E-state index in [0.29, 0.717) is 25.0 Å². The Bertz CT molecular complexity index is 953. The third-order valence-electron chi connectivity index (χ3n) is 4.16. The number of hydrogen-bond donors (Lipinski definition) is 0. The lowest BCUT2D eigenvalue weighted by molar-refractivity contribution is -0.160. The van der Waals surface area contributed by atoms with Crippen molar-refractivity contribution in [1.82, 2.24) is 0 Å². The van der Waals surface area contributed by atoms with Crippen LogP contribution < -0.4 is 0 Å². The molecule has 0 N–H and O–H groups in total. The average Bonchev–Trinajstić information content (AvgIpc) is 3.35. The summed E-state index contributed by atoms with van der Waals surface area (Å²) in [6.45, 7) is 4.49. The van der Waals surface area contributed by atoms with Gasteiger partial charge in [0.25, 0.3) is 0 Å². The molecule has 0 bridgehead atoms. The predicted molar refractivity (Wildman–Crippen MR) is 96.0 cm³/mol. The van der Waals surface area contributed by atoms with Crippen LogP contribution in [0.5, 0.6) is 0 Å². The molecule has 6 nitrogen and oxygen atoms in total. The molecule has 10 heteroatoms. The van der Waals surface area contributed by atoms with E-state index in [1.807, 2.05) is 0 Å². The Morgan fingerprint density at radius 1 is 1.10 bits per heavy atom. The molecule has 1 fully saturated rings. The van der Waals surface area contributed by atoms with Crippen molar-refractivity contribution in [3.8, 4) is 0 Å². The maximum absolute atomic E-state index is 13.5. The first-order valence-corrected chi connectivity index (χ1v) is 10.6. The predicted octanol–water partition coefficient (Wildman–Crippen LogP) is 3.23. The van der Waals surface area contributed by atoms with Gasteiger partial charge in [0.15, 0.2) is 27.3 Å². The van der Waals surface area contributed by atoms with Crippen molar-refractivity contribution >= 4 is 27.4 Å². The standard InChI is InChI=1S/C19H21F3O6S/c1-18(2,3)28-17(25)14(15(23)10-5-6-10)16(24)12-8-7-11(29(4,26)27)9-13(12)19(20,21)22/h7-10,14H,5-6H2,1-4H3. The second-order valence-corrected chi connectivity index (χ2v) is 10.0. The van der Waals surface area contributed by atoms with E-state index >= 15 is 0 Å². The van der Waals surface area contributed by atoms with Crippen LogP contribution in [0.3, 0.4) is 0 Å². The van der Waals surface area contributed by atoms with Crippen molar-refractivity contribution in [2.75, 3.05) is 6.26 Å². The Morgan fingerprint density at radius 3 is 2.07 bits per heavy atom. The van der Waals surface area contributed by atoms with Gasteiger partial charge in [-0.25, -0.2) is 8.42 Å². The van der Waals surface area contributed by atoms with Gasteiger partial charge >= 0.3 is 12.1 Å². The lowest BCUT2D eigenvalue weighted by atomic mass is 9.88. The first-order chi connectivity index (χ1) is 13.0. The van der Waals surface area contributed by atoms with E-state index in [1.165, 1.54) is 20.8 Å². The molecule has 0 aromatic heterocycles. The Labute approximate surface area is 166 Å². The average molecular weight is 434 g/mol. The van der Waals surface area contributed by atoms with Crippen molar-refractivity contribution in [1.29, 1.82) is 0 Å². The monoisotopic (exact) mass is 434 g/mol. The van der Waals surface area contributed by atoms with Gasteiger partial charge in [0, 0.05) is 17.7 Å². The second-order valence-electron chi connectivity index (χ2n) is 7.98. The minimum atomic E-state index is -5.08. The van der Waals surface area contributed by atoms with Crippen molar-refractivity contribution in [2.45, 2.75) is 50.3 Å². The van der Waals surface area contributed by atoms with Gasteiger partial charge in [-0.15, -0.1) is 0 Å². The highest BCUT2D eigenvalue weighted by molar-refractivity contribution is 7.90. The molecule has 0 amide bonds. The SMILES string of the molecule is CC(C)(C)OC(=O)C(C(=O)c1ccc(S(C)(=O)=O)cc1C(F)(F)F)C(=O)C1CC1. The van der Waals surface area contributed by atoms with Crippen LogP contribution >= 0.6 is 0 Å². The molecule has 29 heavy (non-hydrogen) atoms. The van der Waals surface area contributed by atoms with Gasteiger partial charge in [-0.05, 0) is 51.8 Å². The van der Waals surface area contributed by atoms with Crippen LogP contribution in [-0.2, 0) is 30.3 Å². The molecule has 1 aromatic carbocycles.